The molecule has 0 saturated carbocycles. The van der Waals surface area contributed by atoms with Crippen molar-refractivity contribution in [2.24, 2.45) is 0 Å². The Balaban J connectivity index is 0.00000294. The summed E-state index contributed by atoms with van der Waals surface area (Å²) in [6.07, 6.45) is 13.3. The number of hydrogen-bond acceptors (Lipinski definition) is 1. The fourth-order valence-corrected chi connectivity index (χ4v) is 5.48. The Kier molecular flexibility index (Phi) is 13.1. The Bertz CT molecular complexity index is 1210. The van der Waals surface area contributed by atoms with Gasteiger partial charge in [-0.2, -0.15) is 0 Å². The average molecular weight is 599 g/mol. The number of hydrogen-bond donors (Lipinski definition) is 1. The van der Waals surface area contributed by atoms with Gasteiger partial charge in [0.05, 0.1) is 0 Å². The Morgan fingerprint density at radius 1 is 0.561 bits per heavy atom. The van der Waals surface area contributed by atoms with Gasteiger partial charge in [-0.25, -0.2) is 18.3 Å². The van der Waals surface area contributed by atoms with Gasteiger partial charge >= 0.3 is 0 Å². The van der Waals surface area contributed by atoms with Crippen LogP contribution in [-0.4, -0.2) is 22.2 Å². The molecule has 2 aromatic heterocycles. The lowest BCUT2D eigenvalue weighted by atomic mass is 9.92. The number of aromatic nitrogens is 4. The number of halogens is 2. The summed E-state index contributed by atoms with van der Waals surface area (Å²) >= 11 is 0. The summed E-state index contributed by atoms with van der Waals surface area (Å²) in [7, 11) is 0. The van der Waals surface area contributed by atoms with E-state index in [9.17, 15) is 0 Å². The van der Waals surface area contributed by atoms with Crippen molar-refractivity contribution in [2.75, 3.05) is 13.1 Å². The van der Waals surface area contributed by atoms with Gasteiger partial charge in [-0.15, -0.1) is 0 Å². The quantitative estimate of drug-likeness (QED) is 0.188. The van der Waals surface area contributed by atoms with Crippen LogP contribution < -0.4 is 39.3 Å². The molecule has 41 heavy (non-hydrogen) atoms. The monoisotopic (exact) mass is 597 g/mol. The van der Waals surface area contributed by atoms with E-state index in [2.05, 4.69) is 153 Å². The van der Waals surface area contributed by atoms with Gasteiger partial charge in [-0.1, -0.05) is 91.8 Å². The number of imidazole rings is 2. The van der Waals surface area contributed by atoms with E-state index >= 15 is 0 Å². The lowest BCUT2D eigenvalue weighted by Gasteiger charge is -2.16. The van der Waals surface area contributed by atoms with Crippen molar-refractivity contribution in [3.8, 4) is 11.4 Å². The van der Waals surface area contributed by atoms with Crippen LogP contribution in [0.1, 0.15) is 101 Å². The van der Waals surface area contributed by atoms with E-state index in [0.29, 0.717) is 23.7 Å². The molecule has 4 aromatic rings. The smallest absolute Gasteiger partial charge is 0.249 e. The van der Waals surface area contributed by atoms with E-state index in [1.54, 1.807) is 0 Å². The fraction of sp³-hybridized carbons (Fsp3) is 0.471. The number of benzene rings is 2. The molecular weight excluding hydrogens is 549 g/mol. The zero-order chi connectivity index (χ0) is 28.1. The van der Waals surface area contributed by atoms with Gasteiger partial charge in [-0.05, 0) is 23.7 Å². The standard InChI is InChI=1S/C34H49N5.2ClH/c1-25(2)29-11-9-12-30(26(3)4)33(29)38-21-19-36(23-38)17-15-35-16-18-37-20-22-39(24-37)34-31(27(5)6)13-10-14-32(34)28(7)8;;/h9-14,19-28,35H,15-18H2,1-8H3;2*1H/q+2;;/p-2. The van der Waals surface area contributed by atoms with E-state index in [1.807, 2.05) is 0 Å². The molecule has 0 aliphatic rings. The lowest BCUT2D eigenvalue weighted by Crippen LogP contribution is -3.00. The van der Waals surface area contributed by atoms with Crippen LogP contribution in [0, 0.1) is 0 Å². The minimum atomic E-state index is 0. The highest BCUT2D eigenvalue weighted by Crippen LogP contribution is 2.31. The molecule has 2 heterocycles. The summed E-state index contributed by atoms with van der Waals surface area (Å²) < 4.78 is 9.19. The van der Waals surface area contributed by atoms with E-state index < -0.39 is 0 Å². The first-order valence-corrected chi connectivity index (χ1v) is 14.8. The molecule has 0 amide bonds. The van der Waals surface area contributed by atoms with Crippen LogP contribution in [0.3, 0.4) is 0 Å². The van der Waals surface area contributed by atoms with Crippen LogP contribution in [0.4, 0.5) is 0 Å². The van der Waals surface area contributed by atoms with Gasteiger partial charge < -0.3 is 30.1 Å². The minimum Gasteiger partial charge on any atom is -1.00 e. The first-order valence-electron chi connectivity index (χ1n) is 14.8. The van der Waals surface area contributed by atoms with Crippen molar-refractivity contribution in [3.05, 3.63) is 96.1 Å². The molecule has 2 aromatic carbocycles. The third kappa shape index (κ3) is 8.24. The summed E-state index contributed by atoms with van der Waals surface area (Å²) in [5.74, 6) is 1.94. The fourth-order valence-electron chi connectivity index (χ4n) is 5.48. The van der Waals surface area contributed by atoms with Gasteiger partial charge in [0.1, 0.15) is 49.3 Å². The first-order chi connectivity index (χ1) is 18.7. The second kappa shape index (κ2) is 15.6. The maximum absolute atomic E-state index is 3.64. The summed E-state index contributed by atoms with van der Waals surface area (Å²) in [5.41, 5.74) is 8.31. The highest BCUT2D eigenvalue weighted by molar-refractivity contribution is 5.51. The van der Waals surface area contributed by atoms with Gasteiger partial charge in [0.2, 0.25) is 12.7 Å². The molecule has 0 saturated heterocycles. The summed E-state index contributed by atoms with van der Waals surface area (Å²) in [4.78, 5) is 0. The van der Waals surface area contributed by atoms with Crippen molar-refractivity contribution < 1.29 is 33.9 Å². The zero-order valence-corrected chi connectivity index (χ0v) is 27.6. The molecule has 4 rings (SSSR count). The largest absolute Gasteiger partial charge is 1.00 e. The van der Waals surface area contributed by atoms with Crippen LogP contribution in [0.5, 0.6) is 0 Å². The maximum atomic E-state index is 3.64. The van der Waals surface area contributed by atoms with Crippen molar-refractivity contribution in [1.29, 1.82) is 0 Å². The average Bonchev–Trinajstić information content (AvgIpc) is 3.57. The van der Waals surface area contributed by atoms with Crippen LogP contribution in [0.25, 0.3) is 11.4 Å². The van der Waals surface area contributed by atoms with Crippen LogP contribution in [0.15, 0.2) is 73.8 Å². The number of para-hydroxylation sites is 2. The third-order valence-electron chi connectivity index (χ3n) is 7.68. The topological polar surface area (TPSA) is 29.6 Å². The molecule has 0 unspecified atom stereocenters. The summed E-state index contributed by atoms with van der Waals surface area (Å²) in [6, 6.07) is 13.5. The molecule has 0 spiro atoms. The molecule has 0 bridgehead atoms. The molecule has 0 aliphatic carbocycles. The van der Waals surface area contributed by atoms with Crippen molar-refractivity contribution in [1.82, 2.24) is 14.5 Å². The molecule has 224 valence electrons. The molecule has 0 atom stereocenters. The van der Waals surface area contributed by atoms with Gasteiger partial charge in [0.25, 0.3) is 0 Å². The normalized spacial score (nSPS) is 11.4. The van der Waals surface area contributed by atoms with Gasteiger partial charge in [-0.3, -0.25) is 0 Å². The predicted octanol–water partition coefficient (Wildman–Crippen LogP) is 0.634. The van der Waals surface area contributed by atoms with Crippen molar-refractivity contribution in [2.45, 2.75) is 92.2 Å². The molecular formula is C34H49Cl2N5. The Labute approximate surface area is 260 Å². The highest BCUT2D eigenvalue weighted by atomic mass is 35.5. The molecule has 0 radical (unpaired) electrons. The van der Waals surface area contributed by atoms with Crippen molar-refractivity contribution >= 4 is 0 Å². The SMILES string of the molecule is CC(C)c1cccc(C(C)C)c1-n1cc[n+](CCNCC[n+]2ccn(-c3c(C(C)C)cccc3C(C)C)c2)c1.[Cl-].[Cl-]. The predicted molar refractivity (Wildman–Crippen MR) is 161 cm³/mol. The second-order valence-electron chi connectivity index (χ2n) is 12.1. The van der Waals surface area contributed by atoms with Crippen LogP contribution >= 0.6 is 0 Å². The highest BCUT2D eigenvalue weighted by Gasteiger charge is 2.21. The van der Waals surface area contributed by atoms with Crippen LogP contribution in [0.2, 0.25) is 0 Å². The van der Waals surface area contributed by atoms with Crippen LogP contribution in [-0.2, 0) is 13.1 Å². The van der Waals surface area contributed by atoms with E-state index in [0.717, 1.165) is 26.2 Å². The summed E-state index contributed by atoms with van der Waals surface area (Å²) in [6.45, 7) is 22.0. The zero-order valence-electron chi connectivity index (χ0n) is 26.1. The van der Waals surface area contributed by atoms with Gasteiger partial charge in [0.15, 0.2) is 0 Å². The summed E-state index contributed by atoms with van der Waals surface area (Å²) in [5, 5.41) is 3.64. The Hall–Kier alpha value is -2.60. The number of nitrogens with zero attached hydrogens (tertiary/aromatic N) is 4. The second-order valence-corrected chi connectivity index (χ2v) is 12.1. The van der Waals surface area contributed by atoms with E-state index in [1.165, 1.54) is 33.6 Å². The van der Waals surface area contributed by atoms with Gasteiger partial charge in [0, 0.05) is 35.3 Å². The molecule has 5 nitrogen and oxygen atoms in total. The Morgan fingerprint density at radius 2 is 0.878 bits per heavy atom. The molecule has 0 fully saturated rings. The molecule has 0 aliphatic heterocycles. The third-order valence-corrected chi connectivity index (χ3v) is 7.68. The lowest BCUT2D eigenvalue weighted by molar-refractivity contribution is -0.697. The first kappa shape index (κ1) is 34.6. The number of rotatable bonds is 12. The van der Waals surface area contributed by atoms with Crippen molar-refractivity contribution in [3.63, 3.8) is 0 Å². The van der Waals surface area contributed by atoms with E-state index in [-0.39, 0.29) is 24.8 Å². The number of nitrogens with one attached hydrogen (secondary N) is 1. The Morgan fingerprint density at radius 3 is 1.17 bits per heavy atom. The minimum absolute atomic E-state index is 0. The maximum Gasteiger partial charge on any atom is 0.249 e. The molecule has 1 N–H and O–H groups in total. The molecule has 7 heteroatoms. The van der Waals surface area contributed by atoms with E-state index in [4.69, 9.17) is 0 Å².